The van der Waals surface area contributed by atoms with Crippen LogP contribution < -0.4 is 0 Å². The number of hydrogen-bond donors (Lipinski definition) is 0. The lowest BCUT2D eigenvalue weighted by Crippen LogP contribution is -2.13. The Bertz CT molecular complexity index is 334. The Kier molecular flexibility index (Phi) is 18.0. The zero-order chi connectivity index (χ0) is 17.9. The second kappa shape index (κ2) is 18.6. The van der Waals surface area contributed by atoms with Crippen LogP contribution in [0.2, 0.25) is 0 Å². The van der Waals surface area contributed by atoms with Crippen LogP contribution in [0.4, 0.5) is 0 Å². The van der Waals surface area contributed by atoms with Crippen molar-refractivity contribution in [2.45, 2.75) is 110 Å². The van der Waals surface area contributed by atoms with Gasteiger partial charge in [-0.25, -0.2) is 0 Å². The first-order valence-corrected chi connectivity index (χ1v) is 10.3. The molecular weight excluding hydrogens is 292 g/mol. The van der Waals surface area contributed by atoms with E-state index in [4.69, 9.17) is 0 Å². The number of unbranched alkanes of at least 4 members (excludes halogenated alkanes) is 10. The van der Waals surface area contributed by atoms with Gasteiger partial charge in [-0.2, -0.15) is 0 Å². The summed E-state index contributed by atoms with van der Waals surface area (Å²) in [7, 11) is 0. The molecule has 1 unspecified atom stereocenters. The second-order valence-corrected chi connectivity index (χ2v) is 6.84. The molecule has 24 heavy (non-hydrogen) atoms. The lowest BCUT2D eigenvalue weighted by Gasteiger charge is -2.14. The quantitative estimate of drug-likeness (QED) is 0.217. The number of carbonyl (C=O) groups is 1. The normalized spacial score (nSPS) is 11.8. The van der Waals surface area contributed by atoms with Gasteiger partial charge in [0.25, 0.3) is 0 Å². The standard InChI is InChI=1S/C23H40O/c1-4-7-9-11-13-15-17-19-21-22(23(24)6-3)20-18-16-14-12-10-8-5-2/h22H,1-2,4-10,12,14-21H2,3H3. The molecule has 0 aromatic heterocycles. The molecular formula is C23H40O. The molecule has 0 rings (SSSR count). The van der Waals surface area contributed by atoms with Gasteiger partial charge in [0.15, 0.2) is 0 Å². The molecule has 0 heterocycles. The molecule has 0 aromatic rings. The van der Waals surface area contributed by atoms with Crippen molar-refractivity contribution in [1.29, 1.82) is 0 Å². The van der Waals surface area contributed by atoms with Gasteiger partial charge >= 0.3 is 0 Å². The summed E-state index contributed by atoms with van der Waals surface area (Å²) in [4.78, 5) is 12.1. The third-order valence-corrected chi connectivity index (χ3v) is 4.64. The van der Waals surface area contributed by atoms with Crippen molar-refractivity contribution < 1.29 is 4.79 Å². The predicted octanol–water partition coefficient (Wildman–Crippen LogP) is 7.10. The van der Waals surface area contributed by atoms with Crippen molar-refractivity contribution in [1.82, 2.24) is 0 Å². The fraction of sp³-hybridized carbons (Fsp3) is 0.783. The first-order valence-electron chi connectivity index (χ1n) is 10.3. The van der Waals surface area contributed by atoms with Crippen molar-refractivity contribution in [2.24, 2.45) is 5.92 Å². The highest BCUT2D eigenvalue weighted by Crippen LogP contribution is 2.20. The summed E-state index contributed by atoms with van der Waals surface area (Å²) in [5.74, 6) is 7.22. The van der Waals surface area contributed by atoms with E-state index in [-0.39, 0.29) is 0 Å². The van der Waals surface area contributed by atoms with Gasteiger partial charge in [-0.3, -0.25) is 4.79 Å². The van der Waals surface area contributed by atoms with E-state index in [1.165, 1.54) is 38.5 Å². The zero-order valence-corrected chi connectivity index (χ0v) is 16.2. The van der Waals surface area contributed by atoms with Crippen LogP contribution in [-0.2, 0) is 4.79 Å². The highest BCUT2D eigenvalue weighted by Gasteiger charge is 2.15. The fourth-order valence-electron chi connectivity index (χ4n) is 3.02. The molecule has 0 bridgehead atoms. The Morgan fingerprint density at radius 3 is 1.83 bits per heavy atom. The molecule has 1 nitrogen and oxygen atoms in total. The molecule has 0 aliphatic carbocycles. The van der Waals surface area contributed by atoms with Crippen LogP contribution in [0.3, 0.4) is 0 Å². The third-order valence-electron chi connectivity index (χ3n) is 4.64. The average molecular weight is 333 g/mol. The monoisotopic (exact) mass is 332 g/mol. The van der Waals surface area contributed by atoms with E-state index >= 15 is 0 Å². The smallest absolute Gasteiger partial charge is 0.135 e. The van der Waals surface area contributed by atoms with Crippen molar-refractivity contribution >= 4 is 5.78 Å². The maximum absolute atomic E-state index is 12.1. The van der Waals surface area contributed by atoms with Crippen molar-refractivity contribution in [3.05, 3.63) is 13.8 Å². The lowest BCUT2D eigenvalue weighted by atomic mass is 9.90. The summed E-state index contributed by atoms with van der Waals surface area (Å²) in [5, 5.41) is 0. The Morgan fingerprint density at radius 2 is 1.25 bits per heavy atom. The minimum absolute atomic E-state index is 0.300. The van der Waals surface area contributed by atoms with Crippen LogP contribution in [0.5, 0.6) is 0 Å². The molecule has 0 spiro atoms. The first kappa shape index (κ1) is 23.2. The van der Waals surface area contributed by atoms with E-state index in [1.54, 1.807) is 0 Å². The van der Waals surface area contributed by atoms with Gasteiger partial charge in [-0.1, -0.05) is 78.6 Å². The van der Waals surface area contributed by atoms with E-state index < -0.39 is 0 Å². The highest BCUT2D eigenvalue weighted by molar-refractivity contribution is 5.80. The van der Waals surface area contributed by atoms with Crippen LogP contribution in [0.1, 0.15) is 110 Å². The van der Waals surface area contributed by atoms with E-state index in [0.717, 1.165) is 57.8 Å². The molecule has 0 aliphatic rings. The van der Waals surface area contributed by atoms with Gasteiger partial charge in [0.05, 0.1) is 0 Å². The lowest BCUT2D eigenvalue weighted by molar-refractivity contribution is -0.123. The summed E-state index contributed by atoms with van der Waals surface area (Å²) in [6, 6.07) is 0. The average Bonchev–Trinajstić information content (AvgIpc) is 2.60. The summed E-state index contributed by atoms with van der Waals surface area (Å²) in [6.07, 6.45) is 18.0. The van der Waals surface area contributed by atoms with Crippen molar-refractivity contribution in [3.63, 3.8) is 0 Å². The Balaban J connectivity index is 3.77. The largest absolute Gasteiger partial charge is 0.299 e. The van der Waals surface area contributed by atoms with Crippen molar-refractivity contribution in [2.75, 3.05) is 0 Å². The SMILES string of the molecule is [CH2]CCCC#CCCCCC(CCCCCCCC[CH2])C(=O)CC. The van der Waals surface area contributed by atoms with E-state index in [0.29, 0.717) is 18.1 Å². The van der Waals surface area contributed by atoms with Gasteiger partial charge in [0.1, 0.15) is 5.78 Å². The summed E-state index contributed by atoms with van der Waals surface area (Å²) >= 11 is 0. The van der Waals surface area contributed by atoms with Gasteiger partial charge in [-0.15, -0.1) is 11.8 Å². The van der Waals surface area contributed by atoms with Crippen LogP contribution in [0, 0.1) is 31.6 Å². The van der Waals surface area contributed by atoms with Crippen LogP contribution >= 0.6 is 0 Å². The maximum atomic E-state index is 12.1. The van der Waals surface area contributed by atoms with Gasteiger partial charge in [-0.05, 0) is 25.7 Å². The summed E-state index contributed by atoms with van der Waals surface area (Å²) in [5.41, 5.74) is 0. The molecule has 0 saturated carbocycles. The fourth-order valence-corrected chi connectivity index (χ4v) is 3.02. The number of carbonyl (C=O) groups excluding carboxylic acids is 1. The number of ketones is 1. The molecule has 1 heteroatoms. The summed E-state index contributed by atoms with van der Waals surface area (Å²) in [6.45, 7) is 9.71. The molecule has 0 amide bonds. The van der Waals surface area contributed by atoms with Gasteiger partial charge in [0, 0.05) is 25.2 Å². The number of Topliss-reactive ketones (excluding diaryl/α,β-unsaturated/α-hetero) is 1. The topological polar surface area (TPSA) is 17.1 Å². The van der Waals surface area contributed by atoms with Crippen LogP contribution in [-0.4, -0.2) is 5.78 Å². The van der Waals surface area contributed by atoms with E-state index in [9.17, 15) is 4.79 Å². The third kappa shape index (κ3) is 14.8. The van der Waals surface area contributed by atoms with Crippen LogP contribution in [0.25, 0.3) is 0 Å². The molecule has 0 aliphatic heterocycles. The van der Waals surface area contributed by atoms with E-state index in [1.807, 2.05) is 6.92 Å². The van der Waals surface area contributed by atoms with Crippen LogP contribution in [0.15, 0.2) is 0 Å². The minimum Gasteiger partial charge on any atom is -0.299 e. The minimum atomic E-state index is 0.300. The molecule has 2 radical (unpaired) electrons. The Labute approximate surface area is 152 Å². The Morgan fingerprint density at radius 1 is 0.750 bits per heavy atom. The molecule has 138 valence electrons. The van der Waals surface area contributed by atoms with E-state index in [2.05, 4.69) is 25.7 Å². The van der Waals surface area contributed by atoms with Gasteiger partial charge in [0.2, 0.25) is 0 Å². The molecule has 0 aromatic carbocycles. The number of rotatable bonds is 16. The first-order chi connectivity index (χ1) is 11.8. The van der Waals surface area contributed by atoms with Gasteiger partial charge < -0.3 is 0 Å². The zero-order valence-electron chi connectivity index (χ0n) is 16.2. The van der Waals surface area contributed by atoms with Crippen molar-refractivity contribution in [3.8, 4) is 11.8 Å². The maximum Gasteiger partial charge on any atom is 0.135 e. The molecule has 0 saturated heterocycles. The number of hydrogen-bond acceptors (Lipinski definition) is 1. The molecule has 0 fully saturated rings. The Hall–Kier alpha value is -0.770. The predicted molar refractivity (Wildman–Crippen MR) is 107 cm³/mol. The molecule has 1 atom stereocenters. The molecule has 0 N–H and O–H groups in total. The summed E-state index contributed by atoms with van der Waals surface area (Å²) < 4.78 is 0. The highest BCUT2D eigenvalue weighted by atomic mass is 16.1. The second-order valence-electron chi connectivity index (χ2n) is 6.84.